The quantitative estimate of drug-likeness (QED) is 0.377. The van der Waals surface area contributed by atoms with Crippen LogP contribution in [-0.4, -0.2) is 27.1 Å². The second kappa shape index (κ2) is 12.7. The van der Waals surface area contributed by atoms with E-state index in [-0.39, 0.29) is 18.4 Å². The molecule has 3 rings (SSSR count). The van der Waals surface area contributed by atoms with Crippen molar-refractivity contribution in [3.63, 3.8) is 0 Å². The molecule has 0 aliphatic rings. The first-order valence-electron chi connectivity index (χ1n) is 10.7. The Morgan fingerprint density at radius 3 is 2.09 bits per heavy atom. The van der Waals surface area contributed by atoms with Gasteiger partial charge in [0, 0.05) is 49.1 Å². The topological polar surface area (TPSA) is 102 Å². The van der Waals surface area contributed by atoms with Gasteiger partial charge in [0.25, 0.3) is 5.91 Å². The number of nitrogens with zero attached hydrogens (tertiary/aromatic N) is 1. The summed E-state index contributed by atoms with van der Waals surface area (Å²) in [5.41, 5.74) is 3.46. The molecule has 0 spiro atoms. The minimum Gasteiger partial charge on any atom is -0.755 e. The van der Waals surface area contributed by atoms with E-state index in [1.54, 1.807) is 42.5 Å². The van der Waals surface area contributed by atoms with Gasteiger partial charge in [-0.2, -0.15) is 0 Å². The molecule has 2 amide bonds. The molecule has 3 aromatic carbocycles. The second-order valence-corrected chi connectivity index (χ2v) is 9.40. The molecule has 0 heterocycles. The van der Waals surface area contributed by atoms with Crippen LogP contribution < -0.4 is 14.9 Å². The molecule has 0 aromatic heterocycles. The largest absolute Gasteiger partial charge is 0.755 e. The summed E-state index contributed by atoms with van der Waals surface area (Å²) < 4.78 is 24.8. The summed E-state index contributed by atoms with van der Waals surface area (Å²) in [7, 11) is 0. The van der Waals surface area contributed by atoms with E-state index in [0.717, 1.165) is 16.7 Å². The van der Waals surface area contributed by atoms with Crippen molar-refractivity contribution in [2.24, 2.45) is 0 Å². The average molecular weight is 533 g/mol. The Kier molecular flexibility index (Phi) is 9.68. The minimum atomic E-state index is -2.51. The van der Waals surface area contributed by atoms with Crippen LogP contribution in [0.2, 0.25) is 10.0 Å². The number of carbonyl (C=O) groups excluding carboxylic acids is 2. The summed E-state index contributed by atoms with van der Waals surface area (Å²) in [4.78, 5) is 23.5. The molecule has 0 aliphatic heterocycles. The van der Waals surface area contributed by atoms with Crippen molar-refractivity contribution in [3.8, 4) is 0 Å². The van der Waals surface area contributed by atoms with E-state index in [1.165, 1.54) is 11.2 Å². The molecule has 0 fully saturated rings. The molecular formula is C25H24Cl2N3O4S-. The predicted octanol–water partition coefficient (Wildman–Crippen LogP) is 4.40. The van der Waals surface area contributed by atoms with Crippen LogP contribution in [0.3, 0.4) is 0 Å². The summed E-state index contributed by atoms with van der Waals surface area (Å²) in [6, 6.07) is 19.1. The minimum absolute atomic E-state index is 0.0949. The lowest BCUT2D eigenvalue weighted by Gasteiger charge is -2.26. The third kappa shape index (κ3) is 7.80. The van der Waals surface area contributed by atoms with Gasteiger partial charge in [0.1, 0.15) is 0 Å². The lowest BCUT2D eigenvalue weighted by atomic mass is 10.1. The normalized spacial score (nSPS) is 11.5. The first-order valence-corrected chi connectivity index (χ1v) is 12.5. The third-order valence-electron chi connectivity index (χ3n) is 5.23. The number of benzene rings is 3. The van der Waals surface area contributed by atoms with Gasteiger partial charge >= 0.3 is 0 Å². The summed E-state index contributed by atoms with van der Waals surface area (Å²) in [5, 5.41) is 6.39. The summed E-state index contributed by atoms with van der Waals surface area (Å²) in [6.45, 7) is 2.41. The predicted molar refractivity (Wildman–Crippen MR) is 138 cm³/mol. The van der Waals surface area contributed by atoms with Crippen molar-refractivity contribution < 1.29 is 18.4 Å². The maximum absolute atomic E-state index is 12.5. The van der Waals surface area contributed by atoms with Gasteiger partial charge in [-0.25, -0.2) is 0 Å². The fraction of sp³-hybridized carbons (Fsp3) is 0.200. The fourth-order valence-electron chi connectivity index (χ4n) is 3.32. The number of anilines is 1. The molecule has 1 atom stereocenters. The molecule has 0 saturated heterocycles. The number of hydrogen-bond acceptors (Lipinski definition) is 4. The highest BCUT2D eigenvalue weighted by Crippen LogP contribution is 2.26. The number of amides is 2. The number of hydrogen-bond donors (Lipinski definition) is 2. The van der Waals surface area contributed by atoms with Crippen molar-refractivity contribution in [2.75, 3.05) is 10.8 Å². The zero-order valence-electron chi connectivity index (χ0n) is 18.9. The fourth-order valence-corrected chi connectivity index (χ4v) is 4.27. The zero-order chi connectivity index (χ0) is 25.4. The molecule has 0 radical (unpaired) electrons. The monoisotopic (exact) mass is 532 g/mol. The molecule has 0 saturated carbocycles. The van der Waals surface area contributed by atoms with E-state index in [9.17, 15) is 18.4 Å². The van der Waals surface area contributed by atoms with Crippen molar-refractivity contribution in [3.05, 3.63) is 99.0 Å². The van der Waals surface area contributed by atoms with E-state index < -0.39 is 11.3 Å². The van der Waals surface area contributed by atoms with Crippen LogP contribution in [0, 0.1) is 0 Å². The van der Waals surface area contributed by atoms with E-state index in [0.29, 0.717) is 40.8 Å². The third-order valence-corrected chi connectivity index (χ3v) is 6.84. The Labute approximate surface area is 216 Å². The number of carbonyl (C=O) groups is 2. The molecule has 0 aliphatic carbocycles. The molecular weight excluding hydrogens is 509 g/mol. The number of halogens is 2. The zero-order valence-corrected chi connectivity index (χ0v) is 21.3. The van der Waals surface area contributed by atoms with Gasteiger partial charge in [0.15, 0.2) is 0 Å². The van der Waals surface area contributed by atoms with Crippen LogP contribution in [0.4, 0.5) is 5.69 Å². The highest BCUT2D eigenvalue weighted by molar-refractivity contribution is 7.80. The van der Waals surface area contributed by atoms with Crippen LogP contribution >= 0.6 is 23.2 Å². The van der Waals surface area contributed by atoms with Crippen molar-refractivity contribution in [1.29, 1.82) is 0 Å². The molecule has 7 nitrogen and oxygen atoms in total. The highest BCUT2D eigenvalue weighted by Gasteiger charge is 2.12. The molecule has 10 heteroatoms. The smallest absolute Gasteiger partial charge is 0.251 e. The van der Waals surface area contributed by atoms with Crippen LogP contribution in [-0.2, 0) is 35.6 Å². The van der Waals surface area contributed by atoms with Gasteiger partial charge < -0.3 is 19.5 Å². The number of rotatable bonds is 10. The second-order valence-electron chi connectivity index (χ2n) is 7.74. The van der Waals surface area contributed by atoms with Crippen LogP contribution in [0.5, 0.6) is 0 Å². The Morgan fingerprint density at radius 1 is 0.914 bits per heavy atom. The summed E-state index contributed by atoms with van der Waals surface area (Å²) in [6.07, 6.45) is 0.374. The van der Waals surface area contributed by atoms with Gasteiger partial charge in [0.05, 0.1) is 10.0 Å². The lowest BCUT2D eigenvalue weighted by Crippen LogP contribution is -2.28. The molecule has 0 bridgehead atoms. The van der Waals surface area contributed by atoms with Crippen molar-refractivity contribution in [1.82, 2.24) is 10.6 Å². The summed E-state index contributed by atoms with van der Waals surface area (Å²) in [5.74, 6) is -0.373. The molecule has 2 N–H and O–H groups in total. The Bertz CT molecular complexity index is 1200. The van der Waals surface area contributed by atoms with Crippen LogP contribution in [0.25, 0.3) is 0 Å². The molecule has 184 valence electrons. The van der Waals surface area contributed by atoms with Gasteiger partial charge in [-0.15, -0.1) is 0 Å². The molecule has 35 heavy (non-hydrogen) atoms. The van der Waals surface area contributed by atoms with Crippen LogP contribution in [0.15, 0.2) is 66.7 Å². The van der Waals surface area contributed by atoms with E-state index >= 15 is 0 Å². The first kappa shape index (κ1) is 26.7. The number of nitrogens with one attached hydrogen (secondary N) is 2. The Balaban J connectivity index is 1.58. The van der Waals surface area contributed by atoms with Crippen LogP contribution in [0.1, 0.15) is 34.0 Å². The van der Waals surface area contributed by atoms with Gasteiger partial charge in [-0.05, 0) is 53.4 Å². The lowest BCUT2D eigenvalue weighted by molar-refractivity contribution is -0.119. The maximum Gasteiger partial charge on any atom is 0.251 e. The Hall–Kier alpha value is -2.91. The van der Waals surface area contributed by atoms with E-state index in [1.807, 2.05) is 24.3 Å². The van der Waals surface area contributed by atoms with Crippen molar-refractivity contribution in [2.45, 2.75) is 26.4 Å². The average Bonchev–Trinajstić information content (AvgIpc) is 2.84. The van der Waals surface area contributed by atoms with E-state index in [4.69, 9.17) is 23.2 Å². The SMILES string of the molecule is CC(=O)NCc1ccc(CNC(=O)c2ccc(N(CCc3cccc(Cl)c3Cl)S(=O)[O-])cc2)cc1. The molecule has 1 unspecified atom stereocenters. The maximum atomic E-state index is 12.5. The van der Waals surface area contributed by atoms with Gasteiger partial charge in [-0.1, -0.05) is 59.6 Å². The first-order chi connectivity index (χ1) is 16.7. The standard InChI is InChI=1S/C25H25Cl2N3O4S/c1-17(31)28-15-18-5-7-19(8-6-18)16-29-25(32)21-9-11-22(12-10-21)30(35(33)34)14-13-20-3-2-4-23(26)24(20)27/h2-12H,13-16H2,1H3,(H,28,31)(H,29,32)(H,33,34)/p-1. The van der Waals surface area contributed by atoms with Gasteiger partial charge in [-0.3, -0.25) is 13.8 Å². The van der Waals surface area contributed by atoms with E-state index in [2.05, 4.69) is 10.6 Å². The van der Waals surface area contributed by atoms with Gasteiger partial charge in [0.2, 0.25) is 5.91 Å². The summed E-state index contributed by atoms with van der Waals surface area (Å²) >= 11 is 9.72. The Morgan fingerprint density at radius 2 is 1.51 bits per heavy atom. The van der Waals surface area contributed by atoms with Crippen molar-refractivity contribution >= 4 is 52.0 Å². The molecule has 3 aromatic rings. The highest BCUT2D eigenvalue weighted by atomic mass is 35.5.